The molecule has 0 radical (unpaired) electrons. The maximum Gasteiger partial charge on any atom is 0.267 e. The highest BCUT2D eigenvalue weighted by Crippen LogP contribution is 2.34. The number of carbonyl (C=O) groups is 1. The third kappa shape index (κ3) is 4.98. The molecule has 38 heavy (non-hydrogen) atoms. The van der Waals surface area contributed by atoms with E-state index in [0.29, 0.717) is 17.0 Å². The lowest BCUT2D eigenvalue weighted by Gasteiger charge is -2.32. The maximum absolute atomic E-state index is 13.4. The van der Waals surface area contributed by atoms with Crippen LogP contribution in [0.25, 0.3) is 22.2 Å². The average molecular weight is 519 g/mol. The Morgan fingerprint density at radius 1 is 1.11 bits per heavy atom. The third-order valence-electron chi connectivity index (χ3n) is 7.53. The van der Waals surface area contributed by atoms with Gasteiger partial charge in [0.05, 0.1) is 5.56 Å². The fourth-order valence-electron chi connectivity index (χ4n) is 5.30. The highest BCUT2D eigenvalue weighted by Gasteiger charge is 2.23. The van der Waals surface area contributed by atoms with Crippen molar-refractivity contribution in [1.29, 1.82) is 0 Å². The number of benzene rings is 1. The van der Waals surface area contributed by atoms with Crippen LogP contribution < -0.4 is 5.73 Å². The van der Waals surface area contributed by atoms with E-state index in [1.165, 1.54) is 17.8 Å². The Hall–Kier alpha value is -3.85. The van der Waals surface area contributed by atoms with E-state index in [2.05, 4.69) is 37.6 Å². The number of aromatic nitrogens is 3. The van der Waals surface area contributed by atoms with E-state index in [-0.39, 0.29) is 17.3 Å². The molecule has 0 saturated carbocycles. The minimum absolute atomic E-state index is 0.0149. The number of aryl methyl sites for hydroxylation is 1. The van der Waals surface area contributed by atoms with E-state index in [1.807, 2.05) is 25.2 Å². The number of hydrogen-bond acceptors (Lipinski definition) is 5. The van der Waals surface area contributed by atoms with Gasteiger partial charge < -0.3 is 15.2 Å². The van der Waals surface area contributed by atoms with Crippen molar-refractivity contribution in [2.24, 2.45) is 7.05 Å². The van der Waals surface area contributed by atoms with Crippen LogP contribution in [0.15, 0.2) is 54.9 Å². The molecule has 1 fully saturated rings. The van der Waals surface area contributed by atoms with Crippen molar-refractivity contribution in [3.8, 4) is 11.1 Å². The quantitative estimate of drug-likeness (QED) is 0.378. The molecule has 0 spiro atoms. The summed E-state index contributed by atoms with van der Waals surface area (Å²) in [5.74, 6) is 0.336. The molecule has 5 rings (SSSR count). The van der Waals surface area contributed by atoms with Gasteiger partial charge in [0.2, 0.25) is 0 Å². The van der Waals surface area contributed by atoms with Crippen molar-refractivity contribution in [3.05, 3.63) is 77.2 Å². The number of likely N-dealkylation sites (tertiary alicyclic amines) is 1. The number of nitrogens with zero attached hydrogens (tertiary/aromatic N) is 5. The monoisotopic (exact) mass is 518 g/mol. The molecule has 4 aromatic rings. The van der Waals surface area contributed by atoms with Crippen molar-refractivity contribution in [3.63, 3.8) is 0 Å². The highest BCUT2D eigenvalue weighted by molar-refractivity contribution is 5.94. The smallest absolute Gasteiger partial charge is 0.267 e. The SMILES string of the molecule is CN(C)C(=O)c1ccc(C2CCN(Cc3cc4c(-c5cnc(N)c(C(F)F)c5)ccnc4n3C)CC2)cc1. The summed E-state index contributed by atoms with van der Waals surface area (Å²) in [6.07, 6.45) is 2.63. The van der Waals surface area contributed by atoms with Crippen LogP contribution in [-0.4, -0.2) is 57.4 Å². The number of amides is 1. The topological polar surface area (TPSA) is 80.3 Å². The van der Waals surface area contributed by atoms with E-state index >= 15 is 0 Å². The Balaban J connectivity index is 1.31. The number of nitrogen functional groups attached to an aromatic ring is 1. The van der Waals surface area contributed by atoms with Crippen LogP contribution in [0.2, 0.25) is 0 Å². The minimum Gasteiger partial charge on any atom is -0.383 e. The molecule has 0 bridgehead atoms. The molecule has 0 unspecified atom stereocenters. The van der Waals surface area contributed by atoms with Gasteiger partial charge in [-0.05, 0) is 73.3 Å². The van der Waals surface area contributed by atoms with Gasteiger partial charge in [0, 0.05) is 62.3 Å². The van der Waals surface area contributed by atoms with Gasteiger partial charge in [0.1, 0.15) is 11.5 Å². The van der Waals surface area contributed by atoms with Gasteiger partial charge in [-0.15, -0.1) is 0 Å². The zero-order chi connectivity index (χ0) is 27.0. The highest BCUT2D eigenvalue weighted by atomic mass is 19.3. The molecular formula is C29H32F2N6O. The predicted octanol–water partition coefficient (Wildman–Crippen LogP) is 5.24. The van der Waals surface area contributed by atoms with Crippen LogP contribution in [0.3, 0.4) is 0 Å². The zero-order valence-corrected chi connectivity index (χ0v) is 21.9. The number of carbonyl (C=O) groups excluding carboxylic acids is 1. The van der Waals surface area contributed by atoms with E-state index < -0.39 is 6.43 Å². The normalized spacial score (nSPS) is 14.9. The first-order valence-electron chi connectivity index (χ1n) is 12.7. The van der Waals surface area contributed by atoms with Crippen molar-refractivity contribution in [2.45, 2.75) is 31.7 Å². The van der Waals surface area contributed by atoms with Gasteiger partial charge in [0.25, 0.3) is 12.3 Å². The Bertz CT molecular complexity index is 1460. The van der Waals surface area contributed by atoms with Crippen molar-refractivity contribution < 1.29 is 13.6 Å². The fraction of sp³-hybridized carbons (Fsp3) is 0.345. The summed E-state index contributed by atoms with van der Waals surface area (Å²) in [4.78, 5) is 24.8. The molecule has 7 nitrogen and oxygen atoms in total. The van der Waals surface area contributed by atoms with Gasteiger partial charge in [-0.2, -0.15) is 0 Å². The number of rotatable bonds is 6. The molecule has 3 aromatic heterocycles. The van der Waals surface area contributed by atoms with E-state index in [1.54, 1.807) is 25.2 Å². The number of anilines is 1. The number of halogens is 2. The lowest BCUT2D eigenvalue weighted by Crippen LogP contribution is -2.33. The Kier molecular flexibility index (Phi) is 7.12. The maximum atomic E-state index is 13.4. The molecular weight excluding hydrogens is 486 g/mol. The Morgan fingerprint density at radius 2 is 1.82 bits per heavy atom. The molecule has 1 aromatic carbocycles. The van der Waals surface area contributed by atoms with Gasteiger partial charge in [-0.1, -0.05) is 12.1 Å². The van der Waals surface area contributed by atoms with Crippen LogP contribution >= 0.6 is 0 Å². The number of nitrogens with two attached hydrogens (primary N) is 1. The fourth-order valence-corrected chi connectivity index (χ4v) is 5.30. The van der Waals surface area contributed by atoms with Crippen LogP contribution in [0.4, 0.5) is 14.6 Å². The molecule has 4 heterocycles. The second-order valence-electron chi connectivity index (χ2n) is 10.2. The van der Waals surface area contributed by atoms with Crippen molar-refractivity contribution >= 4 is 22.8 Å². The predicted molar refractivity (Wildman–Crippen MR) is 145 cm³/mol. The Morgan fingerprint density at radius 3 is 2.47 bits per heavy atom. The largest absolute Gasteiger partial charge is 0.383 e. The molecule has 2 N–H and O–H groups in total. The summed E-state index contributed by atoms with van der Waals surface area (Å²) in [6, 6.07) is 13.4. The van der Waals surface area contributed by atoms with Crippen LogP contribution in [0, 0.1) is 0 Å². The van der Waals surface area contributed by atoms with Crippen LogP contribution in [0.5, 0.6) is 0 Å². The van der Waals surface area contributed by atoms with E-state index in [4.69, 9.17) is 5.73 Å². The Labute approximate surface area is 220 Å². The van der Waals surface area contributed by atoms with Crippen molar-refractivity contribution in [2.75, 3.05) is 32.9 Å². The molecule has 1 aliphatic heterocycles. The molecule has 9 heteroatoms. The molecule has 1 aliphatic rings. The molecule has 1 amide bonds. The number of piperidine rings is 1. The number of fused-ring (bicyclic) bond motifs is 1. The standard InChI is InChI=1S/C29H32F2N6O/c1-35(2)29(38)20-6-4-18(5-7-20)19-9-12-37(13-10-19)17-22-15-24-23(8-11-33-28(24)36(22)3)21-14-25(26(30)31)27(32)34-16-21/h4-8,11,14-16,19,26H,9-10,12-13,17H2,1-3H3,(H2,32,34). The van der Waals surface area contributed by atoms with Gasteiger partial charge >= 0.3 is 0 Å². The summed E-state index contributed by atoms with van der Waals surface area (Å²) in [6.45, 7) is 2.70. The number of pyridine rings is 2. The van der Waals surface area contributed by atoms with Crippen LogP contribution in [-0.2, 0) is 13.6 Å². The minimum atomic E-state index is -2.69. The second-order valence-corrected chi connectivity index (χ2v) is 10.2. The van der Waals surface area contributed by atoms with Gasteiger partial charge in [0.15, 0.2) is 0 Å². The lowest BCUT2D eigenvalue weighted by atomic mass is 9.89. The number of hydrogen-bond donors (Lipinski definition) is 1. The summed E-state index contributed by atoms with van der Waals surface area (Å²) in [7, 11) is 5.51. The van der Waals surface area contributed by atoms with Gasteiger partial charge in [-0.25, -0.2) is 18.7 Å². The summed E-state index contributed by atoms with van der Waals surface area (Å²) in [5.41, 5.74) is 10.7. The van der Waals surface area contributed by atoms with Crippen molar-refractivity contribution in [1.82, 2.24) is 24.3 Å². The molecule has 198 valence electrons. The summed E-state index contributed by atoms with van der Waals surface area (Å²) < 4.78 is 28.9. The molecule has 1 saturated heterocycles. The third-order valence-corrected chi connectivity index (χ3v) is 7.53. The van der Waals surface area contributed by atoms with Crippen LogP contribution in [0.1, 0.15) is 52.4 Å². The second kappa shape index (κ2) is 10.5. The van der Waals surface area contributed by atoms with E-state index in [0.717, 1.165) is 54.8 Å². The summed E-state index contributed by atoms with van der Waals surface area (Å²) in [5, 5.41) is 0.902. The average Bonchev–Trinajstić information content (AvgIpc) is 3.24. The first kappa shape index (κ1) is 25.8. The molecule has 0 atom stereocenters. The first-order valence-corrected chi connectivity index (χ1v) is 12.7. The molecule has 0 aliphatic carbocycles. The van der Waals surface area contributed by atoms with Gasteiger partial charge in [-0.3, -0.25) is 9.69 Å². The first-order chi connectivity index (χ1) is 18.2. The van der Waals surface area contributed by atoms with E-state index in [9.17, 15) is 13.6 Å². The zero-order valence-electron chi connectivity index (χ0n) is 21.9. The summed E-state index contributed by atoms with van der Waals surface area (Å²) >= 11 is 0. The lowest BCUT2D eigenvalue weighted by molar-refractivity contribution is 0.0827. The number of alkyl halides is 2.